The van der Waals surface area contributed by atoms with Crippen LogP contribution in [0.2, 0.25) is 0 Å². The van der Waals surface area contributed by atoms with E-state index in [0.29, 0.717) is 29.1 Å². The number of H-pyrrole nitrogens is 1. The minimum Gasteiger partial charge on any atom is -0.449 e. The van der Waals surface area contributed by atoms with E-state index >= 15 is 0 Å². The molecule has 1 aliphatic rings. The number of aromatic amines is 1. The van der Waals surface area contributed by atoms with Gasteiger partial charge in [-0.05, 0) is 84.0 Å². The number of fused-ring (bicyclic) bond motifs is 1. The zero-order valence-corrected chi connectivity index (χ0v) is 26.0. The van der Waals surface area contributed by atoms with E-state index in [2.05, 4.69) is 34.4 Å². The topological polar surface area (TPSA) is 133 Å². The van der Waals surface area contributed by atoms with Crippen molar-refractivity contribution in [2.24, 2.45) is 0 Å². The maximum atomic E-state index is 14.3. The van der Waals surface area contributed by atoms with Gasteiger partial charge in [0, 0.05) is 36.6 Å². The fraction of sp³-hybridized carbons (Fsp3) is 0.484. The number of imide groups is 1. The smallest absolute Gasteiger partial charge is 0.421 e. The van der Waals surface area contributed by atoms with Crippen molar-refractivity contribution in [1.82, 2.24) is 20.5 Å². The second-order valence-electron chi connectivity index (χ2n) is 11.2. The highest BCUT2D eigenvalue weighted by Crippen LogP contribution is 2.39. The van der Waals surface area contributed by atoms with Crippen molar-refractivity contribution in [3.8, 4) is 0 Å². The number of nitrogens with one attached hydrogen (secondary N) is 3. The average Bonchev–Trinajstić information content (AvgIpc) is 3.36. The van der Waals surface area contributed by atoms with Crippen molar-refractivity contribution >= 4 is 41.3 Å². The minimum absolute atomic E-state index is 0.0737. The average molecular weight is 600 g/mol. The Morgan fingerprint density at radius 2 is 1.79 bits per heavy atom. The van der Waals surface area contributed by atoms with E-state index in [1.54, 1.807) is 34.6 Å². The lowest BCUT2D eigenvalue weighted by atomic mass is 10.0. The number of nitrogens with zero attached hydrogens (tertiary/aromatic N) is 2. The van der Waals surface area contributed by atoms with Crippen molar-refractivity contribution in [3.05, 3.63) is 52.1 Å². The molecule has 2 aromatic rings. The molecule has 234 valence electrons. The molecule has 11 nitrogen and oxygen atoms in total. The lowest BCUT2D eigenvalue weighted by Crippen LogP contribution is -2.35. The molecule has 3 N–H and O–H groups in total. The Labute approximate surface area is 251 Å². The summed E-state index contributed by atoms with van der Waals surface area (Å²) in [5, 5.41) is 5.52. The summed E-state index contributed by atoms with van der Waals surface area (Å²) < 4.78 is 24.7. The van der Waals surface area contributed by atoms with Crippen molar-refractivity contribution in [3.63, 3.8) is 0 Å². The molecule has 43 heavy (non-hydrogen) atoms. The Bertz CT molecular complexity index is 1390. The predicted molar refractivity (Wildman–Crippen MR) is 162 cm³/mol. The van der Waals surface area contributed by atoms with Crippen LogP contribution in [0.5, 0.6) is 0 Å². The van der Waals surface area contributed by atoms with Crippen LogP contribution < -0.4 is 15.5 Å². The van der Waals surface area contributed by atoms with Gasteiger partial charge >= 0.3 is 12.2 Å². The number of amides is 4. The molecule has 2 heterocycles. The molecule has 1 aliphatic heterocycles. The summed E-state index contributed by atoms with van der Waals surface area (Å²) in [4.78, 5) is 57.5. The lowest BCUT2D eigenvalue weighted by molar-refractivity contribution is -0.112. The first-order chi connectivity index (χ1) is 20.3. The van der Waals surface area contributed by atoms with Crippen LogP contribution in [0.4, 0.5) is 19.7 Å². The molecular formula is C31H42FN5O6. The van der Waals surface area contributed by atoms with E-state index in [0.717, 1.165) is 30.6 Å². The fourth-order valence-electron chi connectivity index (χ4n) is 4.74. The largest absolute Gasteiger partial charge is 0.449 e. The standard InChI is InChI=1S/C31H42FN5O6/c1-8-36(9-2)15-14-33-27(38)26-19(3)24(35-20(26)4)18-23-22-17-21(32)11-12-25(22)37(28(23)39)30(41)42-16-10-13-34-29(40)43-31(5,6)7/h11-12,17-18,35H,8-10,13-16H2,1-7H3,(H,33,38)(H,34,40)/b23-18-. The van der Waals surface area contributed by atoms with Crippen LogP contribution in [0.15, 0.2) is 18.2 Å². The second-order valence-corrected chi connectivity index (χ2v) is 11.2. The third kappa shape index (κ3) is 8.44. The summed E-state index contributed by atoms with van der Waals surface area (Å²) in [6.45, 7) is 16.0. The number of likely N-dealkylation sites (N-methyl/N-ethyl adjacent to an activating group) is 1. The Morgan fingerprint density at radius 1 is 1.09 bits per heavy atom. The van der Waals surface area contributed by atoms with E-state index in [1.807, 2.05) is 0 Å². The third-order valence-electron chi connectivity index (χ3n) is 6.92. The van der Waals surface area contributed by atoms with E-state index in [1.165, 1.54) is 18.2 Å². The number of aromatic nitrogens is 1. The Morgan fingerprint density at radius 3 is 2.44 bits per heavy atom. The van der Waals surface area contributed by atoms with Crippen LogP contribution >= 0.6 is 0 Å². The van der Waals surface area contributed by atoms with Gasteiger partial charge in [-0.3, -0.25) is 9.59 Å². The normalized spacial score (nSPS) is 13.8. The van der Waals surface area contributed by atoms with Gasteiger partial charge in [-0.25, -0.2) is 18.9 Å². The number of aryl methyl sites for hydroxylation is 1. The van der Waals surface area contributed by atoms with Gasteiger partial charge in [0.15, 0.2) is 0 Å². The Hall–Kier alpha value is -4.19. The number of carbonyl (C=O) groups is 4. The summed E-state index contributed by atoms with van der Waals surface area (Å²) in [5.74, 6) is -1.50. The molecule has 0 saturated carbocycles. The van der Waals surface area contributed by atoms with Crippen LogP contribution in [0, 0.1) is 19.7 Å². The molecule has 1 aromatic carbocycles. The molecule has 3 rings (SSSR count). The highest BCUT2D eigenvalue weighted by Gasteiger charge is 2.38. The van der Waals surface area contributed by atoms with Crippen molar-refractivity contribution in [2.45, 2.75) is 60.5 Å². The van der Waals surface area contributed by atoms with Crippen LogP contribution in [0.3, 0.4) is 0 Å². The number of halogens is 1. The molecule has 0 unspecified atom stereocenters. The van der Waals surface area contributed by atoms with Crippen LogP contribution in [-0.2, 0) is 14.3 Å². The van der Waals surface area contributed by atoms with Crippen LogP contribution in [0.1, 0.15) is 73.9 Å². The van der Waals surface area contributed by atoms with Crippen LogP contribution in [-0.4, -0.2) is 78.8 Å². The van der Waals surface area contributed by atoms with Gasteiger partial charge in [0.2, 0.25) is 0 Å². The molecule has 0 spiro atoms. The van der Waals surface area contributed by atoms with E-state index < -0.39 is 29.5 Å². The van der Waals surface area contributed by atoms with Crippen molar-refractivity contribution < 1.29 is 33.0 Å². The van der Waals surface area contributed by atoms with Gasteiger partial charge in [0.05, 0.1) is 23.4 Å². The molecule has 0 fully saturated rings. The molecule has 0 bridgehead atoms. The molecule has 0 aliphatic carbocycles. The predicted octanol–water partition coefficient (Wildman–Crippen LogP) is 4.78. The second kappa shape index (κ2) is 14.3. The molecule has 0 saturated heterocycles. The summed E-state index contributed by atoms with van der Waals surface area (Å²) in [6, 6.07) is 3.68. The van der Waals surface area contributed by atoms with Crippen LogP contribution in [0.25, 0.3) is 11.6 Å². The molecule has 0 atom stereocenters. The molecular weight excluding hydrogens is 557 g/mol. The number of benzene rings is 1. The lowest BCUT2D eigenvalue weighted by Gasteiger charge is -2.19. The SMILES string of the molecule is CCN(CC)CCNC(=O)c1c(C)[nH]c(/C=C2\C(=O)N(C(=O)OCCCNC(=O)OC(C)(C)C)c3ccc(F)cc32)c1C. The summed E-state index contributed by atoms with van der Waals surface area (Å²) in [5.41, 5.74) is 2.05. The Balaban J connectivity index is 1.74. The number of carbonyl (C=O) groups excluding carboxylic acids is 4. The highest BCUT2D eigenvalue weighted by atomic mass is 19.1. The van der Waals surface area contributed by atoms with Gasteiger partial charge in [-0.2, -0.15) is 0 Å². The third-order valence-corrected chi connectivity index (χ3v) is 6.92. The first-order valence-electron chi connectivity index (χ1n) is 14.5. The molecule has 1 aromatic heterocycles. The molecule has 0 radical (unpaired) electrons. The summed E-state index contributed by atoms with van der Waals surface area (Å²) >= 11 is 0. The zero-order chi connectivity index (χ0) is 31.9. The number of ether oxygens (including phenoxy) is 2. The zero-order valence-electron chi connectivity index (χ0n) is 26.0. The van der Waals surface area contributed by atoms with Crippen molar-refractivity contribution in [2.75, 3.05) is 44.2 Å². The number of hydrogen-bond acceptors (Lipinski definition) is 7. The van der Waals surface area contributed by atoms with Crippen molar-refractivity contribution in [1.29, 1.82) is 0 Å². The highest BCUT2D eigenvalue weighted by molar-refractivity contribution is 6.41. The first-order valence-corrected chi connectivity index (χ1v) is 14.5. The van der Waals surface area contributed by atoms with E-state index in [4.69, 9.17) is 9.47 Å². The maximum Gasteiger partial charge on any atom is 0.421 e. The number of alkyl carbamates (subject to hydrolysis) is 1. The van der Waals surface area contributed by atoms with Gasteiger partial charge in [0.25, 0.3) is 11.8 Å². The van der Waals surface area contributed by atoms with E-state index in [-0.39, 0.29) is 42.3 Å². The first kappa shape index (κ1) is 33.3. The number of anilines is 1. The van der Waals surface area contributed by atoms with Gasteiger partial charge in [-0.1, -0.05) is 13.8 Å². The fourth-order valence-corrected chi connectivity index (χ4v) is 4.74. The quantitative estimate of drug-likeness (QED) is 0.250. The van der Waals surface area contributed by atoms with Gasteiger partial charge < -0.3 is 30.0 Å². The Kier molecular flexibility index (Phi) is 11.1. The van der Waals surface area contributed by atoms with Gasteiger partial charge in [0.1, 0.15) is 11.4 Å². The summed E-state index contributed by atoms with van der Waals surface area (Å²) in [6.07, 6.45) is 0.293. The van der Waals surface area contributed by atoms with E-state index in [9.17, 15) is 23.6 Å². The number of rotatable bonds is 11. The monoisotopic (exact) mass is 599 g/mol. The van der Waals surface area contributed by atoms with Gasteiger partial charge in [-0.15, -0.1) is 0 Å². The molecule has 12 heteroatoms. The molecule has 4 amide bonds. The summed E-state index contributed by atoms with van der Waals surface area (Å²) in [7, 11) is 0. The minimum atomic E-state index is -0.925. The number of hydrogen-bond donors (Lipinski definition) is 3. The maximum absolute atomic E-state index is 14.3.